The number of hydrogen-bond acceptors (Lipinski definition) is 5. The van der Waals surface area contributed by atoms with Crippen molar-refractivity contribution in [2.75, 3.05) is 13.2 Å². The van der Waals surface area contributed by atoms with E-state index in [0.717, 1.165) is 50.3 Å². The molecule has 0 spiro atoms. The monoisotopic (exact) mass is 516 g/mol. The molecule has 0 radical (unpaired) electrons. The summed E-state index contributed by atoms with van der Waals surface area (Å²) >= 11 is 0. The number of carbonyl (C=O) groups excluding carboxylic acids is 1. The second kappa shape index (κ2) is 11.5. The average Bonchev–Trinajstić information content (AvgIpc) is 3.62. The van der Waals surface area contributed by atoms with E-state index in [9.17, 15) is 18.7 Å². The molecule has 6 nitrogen and oxygen atoms in total. The maximum absolute atomic E-state index is 13.8. The number of alkyl carbamates (subject to hydrolysis) is 1. The number of hydrogen-bond donors (Lipinski definition) is 3. The minimum absolute atomic E-state index is 0.0400. The summed E-state index contributed by atoms with van der Waals surface area (Å²) in [6.07, 6.45) is 3.55. The van der Waals surface area contributed by atoms with Crippen LogP contribution in [0.4, 0.5) is 13.6 Å². The van der Waals surface area contributed by atoms with E-state index in [0.29, 0.717) is 5.56 Å². The molecule has 3 atom stereocenters. The van der Waals surface area contributed by atoms with Gasteiger partial charge in [-0.1, -0.05) is 24.3 Å². The lowest BCUT2D eigenvalue weighted by Crippen LogP contribution is -2.51. The summed E-state index contributed by atoms with van der Waals surface area (Å²) in [7, 11) is 0. The lowest BCUT2D eigenvalue weighted by molar-refractivity contribution is 0.0149. The fraction of sp³-hybridized carbons (Fsp3) is 0.552. The number of halogens is 2. The predicted molar refractivity (Wildman–Crippen MR) is 137 cm³/mol. The van der Waals surface area contributed by atoms with E-state index in [1.807, 2.05) is 6.07 Å². The lowest BCUT2D eigenvalue weighted by atomic mass is 9.95. The highest BCUT2D eigenvalue weighted by Crippen LogP contribution is 2.46. The van der Waals surface area contributed by atoms with Crippen molar-refractivity contribution in [3.63, 3.8) is 0 Å². The first-order valence-corrected chi connectivity index (χ1v) is 13.1. The van der Waals surface area contributed by atoms with Gasteiger partial charge in [-0.25, -0.2) is 13.6 Å². The van der Waals surface area contributed by atoms with E-state index in [1.165, 1.54) is 17.7 Å². The van der Waals surface area contributed by atoms with Gasteiger partial charge in [0.15, 0.2) is 0 Å². The van der Waals surface area contributed by atoms with Crippen LogP contribution >= 0.6 is 0 Å². The second-order valence-electron chi connectivity index (χ2n) is 11.2. The number of benzene rings is 2. The van der Waals surface area contributed by atoms with Crippen molar-refractivity contribution >= 4 is 6.09 Å². The molecule has 2 aromatic carbocycles. The van der Waals surface area contributed by atoms with Crippen LogP contribution in [-0.4, -0.2) is 42.1 Å². The van der Waals surface area contributed by atoms with Crippen LogP contribution in [0, 0.1) is 11.6 Å². The number of ether oxygens (including phenoxy) is 2. The fourth-order valence-electron chi connectivity index (χ4n) is 4.90. The van der Waals surface area contributed by atoms with Gasteiger partial charge in [0.2, 0.25) is 0 Å². The van der Waals surface area contributed by atoms with Crippen molar-refractivity contribution in [1.29, 1.82) is 0 Å². The van der Waals surface area contributed by atoms with E-state index in [1.54, 1.807) is 20.8 Å². The molecule has 1 amide bonds. The summed E-state index contributed by atoms with van der Waals surface area (Å²) in [4.78, 5) is 12.5. The molecule has 1 saturated heterocycles. The molecule has 3 unspecified atom stereocenters. The van der Waals surface area contributed by atoms with Crippen LogP contribution in [0.2, 0.25) is 0 Å². The highest BCUT2D eigenvalue weighted by atomic mass is 19.1. The van der Waals surface area contributed by atoms with Crippen LogP contribution in [0.5, 0.6) is 0 Å². The van der Waals surface area contributed by atoms with Crippen LogP contribution in [0.15, 0.2) is 42.5 Å². The first-order chi connectivity index (χ1) is 17.5. The van der Waals surface area contributed by atoms with Crippen molar-refractivity contribution < 1.29 is 28.2 Å². The molecule has 2 aromatic rings. The van der Waals surface area contributed by atoms with Gasteiger partial charge >= 0.3 is 6.09 Å². The molecular weight excluding hydrogens is 478 g/mol. The minimum Gasteiger partial charge on any atom is -0.444 e. The Balaban J connectivity index is 1.45. The van der Waals surface area contributed by atoms with E-state index in [2.05, 4.69) is 28.8 Å². The lowest BCUT2D eigenvalue weighted by Gasteiger charge is -2.29. The first-order valence-electron chi connectivity index (χ1n) is 13.1. The molecule has 1 aliphatic carbocycles. The van der Waals surface area contributed by atoms with Gasteiger partial charge in [-0.2, -0.15) is 0 Å². The van der Waals surface area contributed by atoms with Gasteiger partial charge in [0.25, 0.3) is 0 Å². The van der Waals surface area contributed by atoms with Crippen LogP contribution in [0.1, 0.15) is 75.7 Å². The van der Waals surface area contributed by atoms with Crippen molar-refractivity contribution in [2.24, 2.45) is 0 Å². The molecule has 8 heteroatoms. The summed E-state index contributed by atoms with van der Waals surface area (Å²) < 4.78 is 38.9. The third-order valence-corrected chi connectivity index (χ3v) is 6.93. The molecule has 1 saturated carbocycles. The van der Waals surface area contributed by atoms with Gasteiger partial charge in [-0.15, -0.1) is 0 Å². The highest BCUT2D eigenvalue weighted by molar-refractivity contribution is 5.68. The number of rotatable bonds is 9. The molecule has 202 valence electrons. The maximum atomic E-state index is 13.8. The Morgan fingerprint density at radius 1 is 1.16 bits per heavy atom. The number of aliphatic hydroxyl groups excluding tert-OH is 1. The van der Waals surface area contributed by atoms with Gasteiger partial charge in [-0.3, -0.25) is 0 Å². The second-order valence-corrected chi connectivity index (χ2v) is 11.2. The van der Waals surface area contributed by atoms with Crippen molar-refractivity contribution in [3.8, 4) is 0 Å². The Labute approximate surface area is 217 Å². The smallest absolute Gasteiger partial charge is 0.407 e. The zero-order chi connectivity index (χ0) is 26.6. The zero-order valence-electron chi connectivity index (χ0n) is 21.9. The van der Waals surface area contributed by atoms with Crippen molar-refractivity contribution in [1.82, 2.24) is 10.6 Å². The Kier molecular flexibility index (Phi) is 8.51. The summed E-state index contributed by atoms with van der Waals surface area (Å²) in [5, 5.41) is 17.3. The average molecular weight is 517 g/mol. The Bertz CT molecular complexity index is 1060. The van der Waals surface area contributed by atoms with E-state index in [-0.39, 0.29) is 24.6 Å². The molecule has 1 aliphatic heterocycles. The standard InChI is InChI=1S/C29H38F2N2O4/c1-28(2,3)37-27(35)33-24(15-19-13-22(30)17-23(31)14-19)25(34)18-32-29(10-11-29)21-8-6-7-20(16-21)26-9-4-5-12-36-26/h6-8,13-14,16-17,24-26,32,34H,4-5,9-12,15,18H2,1-3H3,(H,33,35). The van der Waals surface area contributed by atoms with E-state index >= 15 is 0 Å². The molecule has 4 rings (SSSR count). The first kappa shape index (κ1) is 27.5. The topological polar surface area (TPSA) is 79.8 Å². The van der Waals surface area contributed by atoms with Crippen molar-refractivity contribution in [2.45, 2.75) is 88.7 Å². The number of carbonyl (C=O) groups is 1. The Morgan fingerprint density at radius 2 is 1.89 bits per heavy atom. The van der Waals surface area contributed by atoms with Gasteiger partial charge < -0.3 is 25.2 Å². The normalized spacial score (nSPS) is 20.6. The van der Waals surface area contributed by atoms with Crippen LogP contribution in [0.25, 0.3) is 0 Å². The summed E-state index contributed by atoms with van der Waals surface area (Å²) in [5.41, 5.74) is 1.67. The Morgan fingerprint density at radius 3 is 2.51 bits per heavy atom. The molecule has 3 N–H and O–H groups in total. The third kappa shape index (κ3) is 7.72. The minimum atomic E-state index is -1.03. The molecule has 2 aliphatic rings. The maximum Gasteiger partial charge on any atom is 0.407 e. The van der Waals surface area contributed by atoms with Crippen LogP contribution in [-0.2, 0) is 21.4 Å². The SMILES string of the molecule is CC(C)(C)OC(=O)NC(Cc1cc(F)cc(F)c1)C(O)CNC1(c2cccc(C3CCCCO3)c2)CC1. The molecule has 1 heterocycles. The third-order valence-electron chi connectivity index (χ3n) is 6.93. The van der Waals surface area contributed by atoms with Gasteiger partial charge in [-0.05, 0) is 88.1 Å². The largest absolute Gasteiger partial charge is 0.444 e. The quantitative estimate of drug-likeness (QED) is 0.423. The fourth-order valence-corrected chi connectivity index (χ4v) is 4.90. The molecule has 2 fully saturated rings. The van der Waals surface area contributed by atoms with Crippen LogP contribution in [0.3, 0.4) is 0 Å². The Hall–Kier alpha value is -2.55. The molecular formula is C29H38F2N2O4. The summed E-state index contributed by atoms with van der Waals surface area (Å²) in [5.74, 6) is -1.42. The van der Waals surface area contributed by atoms with E-state index < -0.39 is 35.5 Å². The summed E-state index contributed by atoms with van der Waals surface area (Å²) in [6.45, 7) is 6.19. The number of aliphatic hydroxyl groups is 1. The molecule has 0 aromatic heterocycles. The zero-order valence-corrected chi connectivity index (χ0v) is 21.9. The molecule has 37 heavy (non-hydrogen) atoms. The summed E-state index contributed by atoms with van der Waals surface area (Å²) in [6, 6.07) is 10.8. The van der Waals surface area contributed by atoms with Crippen molar-refractivity contribution in [3.05, 3.63) is 70.8 Å². The molecule has 0 bridgehead atoms. The highest BCUT2D eigenvalue weighted by Gasteiger charge is 2.44. The predicted octanol–water partition coefficient (Wildman–Crippen LogP) is 5.28. The van der Waals surface area contributed by atoms with Gasteiger partial charge in [0.1, 0.15) is 17.2 Å². The van der Waals surface area contributed by atoms with Gasteiger partial charge in [0, 0.05) is 24.8 Å². The van der Waals surface area contributed by atoms with E-state index in [4.69, 9.17) is 9.47 Å². The number of amides is 1. The van der Waals surface area contributed by atoms with Crippen LogP contribution < -0.4 is 10.6 Å². The van der Waals surface area contributed by atoms with Gasteiger partial charge in [0.05, 0.1) is 18.2 Å². The number of nitrogens with one attached hydrogen (secondary N) is 2.